The zero-order valence-electron chi connectivity index (χ0n) is 9.98. The van der Waals surface area contributed by atoms with Crippen LogP contribution in [0.15, 0.2) is 12.5 Å². The normalized spacial score (nSPS) is 13.4. The minimum Gasteiger partial charge on any atom is -0.333 e. The molecule has 0 aliphatic carbocycles. The van der Waals surface area contributed by atoms with Crippen LogP contribution in [0.5, 0.6) is 0 Å². The van der Waals surface area contributed by atoms with E-state index in [0.717, 1.165) is 19.5 Å². The summed E-state index contributed by atoms with van der Waals surface area (Å²) in [6.45, 7) is 6.96. The third-order valence-corrected chi connectivity index (χ3v) is 2.76. The summed E-state index contributed by atoms with van der Waals surface area (Å²) in [5.74, 6) is 0. The van der Waals surface area contributed by atoms with Crippen molar-refractivity contribution in [3.05, 3.63) is 18.2 Å². The topological polar surface area (TPSA) is 47.1 Å². The highest BCUT2D eigenvalue weighted by Gasteiger charge is 2.17. The Bertz CT molecular complexity index is 282. The Morgan fingerprint density at radius 3 is 2.80 bits per heavy atom. The van der Waals surface area contributed by atoms with Crippen LogP contribution in [0.4, 0.5) is 0 Å². The number of imidazole rings is 1. The van der Waals surface area contributed by atoms with Crippen molar-refractivity contribution in [2.45, 2.75) is 32.9 Å². The maximum atomic E-state index is 5.84. The first-order valence-electron chi connectivity index (χ1n) is 5.64. The van der Waals surface area contributed by atoms with Gasteiger partial charge in [-0.15, -0.1) is 0 Å². The van der Waals surface area contributed by atoms with Crippen molar-refractivity contribution in [3.63, 3.8) is 0 Å². The van der Waals surface area contributed by atoms with Crippen molar-refractivity contribution in [2.75, 3.05) is 20.1 Å². The summed E-state index contributed by atoms with van der Waals surface area (Å²) in [5.41, 5.74) is 7.05. The van der Waals surface area contributed by atoms with Crippen LogP contribution in [0.25, 0.3) is 0 Å². The largest absolute Gasteiger partial charge is 0.333 e. The highest BCUT2D eigenvalue weighted by Crippen LogP contribution is 2.17. The molecule has 1 rings (SSSR count). The smallest absolute Gasteiger partial charge is 0.0948 e. The lowest BCUT2D eigenvalue weighted by atomic mass is 10.2. The molecule has 1 unspecified atom stereocenters. The molecule has 1 atom stereocenters. The predicted octanol–water partition coefficient (Wildman–Crippen LogP) is 1.24. The quantitative estimate of drug-likeness (QED) is 0.768. The van der Waals surface area contributed by atoms with Gasteiger partial charge in [-0.3, -0.25) is 4.90 Å². The molecule has 1 heterocycles. The molecular weight excluding hydrogens is 188 g/mol. The van der Waals surface area contributed by atoms with E-state index in [1.165, 1.54) is 5.69 Å². The molecule has 0 saturated carbocycles. The summed E-state index contributed by atoms with van der Waals surface area (Å²) in [5, 5.41) is 0. The SMILES string of the molecule is CCCN(C)C(CN)c1cncn1CC. The molecule has 0 fully saturated rings. The zero-order chi connectivity index (χ0) is 11.3. The van der Waals surface area contributed by atoms with Gasteiger partial charge in [0.15, 0.2) is 0 Å². The van der Waals surface area contributed by atoms with Gasteiger partial charge in [-0.2, -0.15) is 0 Å². The first-order valence-corrected chi connectivity index (χ1v) is 5.64. The van der Waals surface area contributed by atoms with Crippen LogP contribution in [0.1, 0.15) is 32.0 Å². The van der Waals surface area contributed by atoms with Gasteiger partial charge in [0.25, 0.3) is 0 Å². The van der Waals surface area contributed by atoms with Gasteiger partial charge in [0.05, 0.1) is 18.1 Å². The average molecular weight is 210 g/mol. The summed E-state index contributed by atoms with van der Waals surface area (Å²) >= 11 is 0. The Labute approximate surface area is 92.1 Å². The highest BCUT2D eigenvalue weighted by atomic mass is 15.2. The van der Waals surface area contributed by atoms with E-state index in [1.54, 1.807) is 0 Å². The van der Waals surface area contributed by atoms with Crippen molar-refractivity contribution in [2.24, 2.45) is 5.73 Å². The number of aromatic nitrogens is 2. The van der Waals surface area contributed by atoms with Gasteiger partial charge < -0.3 is 10.3 Å². The van der Waals surface area contributed by atoms with Gasteiger partial charge in [0.2, 0.25) is 0 Å². The van der Waals surface area contributed by atoms with E-state index >= 15 is 0 Å². The maximum Gasteiger partial charge on any atom is 0.0948 e. The second-order valence-electron chi connectivity index (χ2n) is 3.84. The Morgan fingerprint density at radius 1 is 1.53 bits per heavy atom. The van der Waals surface area contributed by atoms with E-state index in [9.17, 15) is 0 Å². The third-order valence-electron chi connectivity index (χ3n) is 2.76. The number of likely N-dealkylation sites (N-methyl/N-ethyl adjacent to an activating group) is 1. The fourth-order valence-electron chi connectivity index (χ4n) is 1.91. The van der Waals surface area contributed by atoms with Gasteiger partial charge in [-0.25, -0.2) is 4.98 Å². The molecule has 86 valence electrons. The predicted molar refractivity (Wildman–Crippen MR) is 62.6 cm³/mol. The van der Waals surface area contributed by atoms with Crippen LogP contribution in [0.2, 0.25) is 0 Å². The van der Waals surface area contributed by atoms with Crippen molar-refractivity contribution < 1.29 is 0 Å². The molecule has 1 aromatic heterocycles. The van der Waals surface area contributed by atoms with Gasteiger partial charge in [0, 0.05) is 19.3 Å². The van der Waals surface area contributed by atoms with Crippen LogP contribution < -0.4 is 5.73 Å². The Kier molecular flexibility index (Phi) is 4.78. The first kappa shape index (κ1) is 12.2. The zero-order valence-corrected chi connectivity index (χ0v) is 9.98. The monoisotopic (exact) mass is 210 g/mol. The Morgan fingerprint density at radius 2 is 2.27 bits per heavy atom. The molecule has 15 heavy (non-hydrogen) atoms. The fraction of sp³-hybridized carbons (Fsp3) is 0.727. The lowest BCUT2D eigenvalue weighted by molar-refractivity contribution is 0.241. The van der Waals surface area contributed by atoms with E-state index in [1.807, 2.05) is 12.5 Å². The van der Waals surface area contributed by atoms with Crippen LogP contribution in [0, 0.1) is 0 Å². The molecule has 4 heteroatoms. The fourth-order valence-corrected chi connectivity index (χ4v) is 1.91. The minimum absolute atomic E-state index is 0.285. The molecule has 0 aromatic carbocycles. The summed E-state index contributed by atoms with van der Waals surface area (Å²) in [7, 11) is 2.12. The van der Waals surface area contributed by atoms with Gasteiger partial charge in [-0.1, -0.05) is 6.92 Å². The molecule has 0 spiro atoms. The van der Waals surface area contributed by atoms with E-state index in [4.69, 9.17) is 5.73 Å². The molecular formula is C11H22N4. The molecule has 0 radical (unpaired) electrons. The summed E-state index contributed by atoms with van der Waals surface area (Å²) in [6, 6.07) is 0.285. The molecule has 1 aromatic rings. The van der Waals surface area contributed by atoms with Crippen LogP contribution in [-0.2, 0) is 6.54 Å². The Hall–Kier alpha value is -0.870. The summed E-state index contributed by atoms with van der Waals surface area (Å²) in [6.07, 6.45) is 4.94. The average Bonchev–Trinajstić information content (AvgIpc) is 2.67. The molecule has 0 bridgehead atoms. The maximum absolute atomic E-state index is 5.84. The second-order valence-corrected chi connectivity index (χ2v) is 3.84. The van der Waals surface area contributed by atoms with E-state index < -0.39 is 0 Å². The van der Waals surface area contributed by atoms with Crippen molar-refractivity contribution in [1.82, 2.24) is 14.5 Å². The molecule has 0 amide bonds. The van der Waals surface area contributed by atoms with E-state index in [-0.39, 0.29) is 6.04 Å². The second kappa shape index (κ2) is 5.88. The number of hydrogen-bond acceptors (Lipinski definition) is 3. The molecule has 0 aliphatic rings. The molecule has 4 nitrogen and oxygen atoms in total. The Balaban J connectivity index is 2.81. The number of aryl methyl sites for hydroxylation is 1. The van der Waals surface area contributed by atoms with Gasteiger partial charge in [0.1, 0.15) is 0 Å². The molecule has 0 saturated heterocycles. The number of rotatable bonds is 6. The van der Waals surface area contributed by atoms with Crippen molar-refractivity contribution in [3.8, 4) is 0 Å². The minimum atomic E-state index is 0.285. The third kappa shape index (κ3) is 2.79. The standard InChI is InChI=1S/C11H22N4/c1-4-6-14(3)10(7-12)11-8-13-9-15(11)5-2/h8-10H,4-7,12H2,1-3H3. The number of nitrogens with zero attached hydrogens (tertiary/aromatic N) is 3. The van der Waals surface area contributed by atoms with Gasteiger partial charge >= 0.3 is 0 Å². The van der Waals surface area contributed by atoms with E-state index in [0.29, 0.717) is 6.54 Å². The van der Waals surface area contributed by atoms with Gasteiger partial charge in [-0.05, 0) is 26.9 Å². The van der Waals surface area contributed by atoms with Crippen molar-refractivity contribution in [1.29, 1.82) is 0 Å². The lowest BCUT2D eigenvalue weighted by Crippen LogP contribution is -2.32. The summed E-state index contributed by atoms with van der Waals surface area (Å²) in [4.78, 5) is 6.48. The first-order chi connectivity index (χ1) is 7.24. The summed E-state index contributed by atoms with van der Waals surface area (Å²) < 4.78 is 2.16. The van der Waals surface area contributed by atoms with Crippen LogP contribution in [-0.4, -0.2) is 34.6 Å². The van der Waals surface area contributed by atoms with Crippen LogP contribution in [0.3, 0.4) is 0 Å². The molecule has 0 aliphatic heterocycles. The van der Waals surface area contributed by atoms with Crippen LogP contribution >= 0.6 is 0 Å². The lowest BCUT2D eigenvalue weighted by Gasteiger charge is -2.27. The highest BCUT2D eigenvalue weighted by molar-refractivity contribution is 5.06. The molecule has 2 N–H and O–H groups in total. The number of hydrogen-bond donors (Lipinski definition) is 1. The van der Waals surface area contributed by atoms with E-state index in [2.05, 4.69) is 35.3 Å². The van der Waals surface area contributed by atoms with Crippen molar-refractivity contribution >= 4 is 0 Å². The number of nitrogens with two attached hydrogens (primary N) is 1.